The summed E-state index contributed by atoms with van der Waals surface area (Å²) < 4.78 is 24.8. The number of rotatable bonds is 6. The lowest BCUT2D eigenvalue weighted by atomic mass is 9.33. The molecule has 4 saturated carbocycles. The van der Waals surface area contributed by atoms with E-state index in [1.54, 1.807) is 0 Å². The summed E-state index contributed by atoms with van der Waals surface area (Å²) in [5.41, 5.74) is 0.606. The van der Waals surface area contributed by atoms with E-state index in [0.29, 0.717) is 11.8 Å². The van der Waals surface area contributed by atoms with E-state index in [1.807, 2.05) is 0 Å². The lowest BCUT2D eigenvalue weighted by molar-refractivity contribution is -0.347. The van der Waals surface area contributed by atoms with E-state index in [9.17, 15) is 35.4 Å². The number of aliphatic hydroxyl groups is 5. The minimum absolute atomic E-state index is 0.0199. The molecule has 2 saturated heterocycles. The molecule has 0 aromatic heterocycles. The van der Waals surface area contributed by atoms with Crippen molar-refractivity contribution in [2.75, 3.05) is 13.2 Å². The van der Waals surface area contributed by atoms with Crippen LogP contribution in [0.3, 0.4) is 0 Å². The van der Waals surface area contributed by atoms with Crippen molar-refractivity contribution in [3.8, 4) is 0 Å². The number of aliphatic hydroxyl groups excluding tert-OH is 5. The molecule has 0 aromatic rings. The largest absolute Gasteiger partial charge is 0.481 e. The molecular formula is C42H68O11. The number of aliphatic carboxylic acids is 1. The van der Waals surface area contributed by atoms with E-state index >= 15 is 0 Å². The van der Waals surface area contributed by atoms with Crippen LogP contribution >= 0.6 is 0 Å². The smallest absolute Gasteiger partial charge is 0.310 e. The zero-order valence-corrected chi connectivity index (χ0v) is 33.1. The molecular weight excluding hydrogens is 680 g/mol. The van der Waals surface area contributed by atoms with Crippen molar-refractivity contribution in [3.63, 3.8) is 0 Å². The molecule has 9 unspecified atom stereocenters. The van der Waals surface area contributed by atoms with Gasteiger partial charge in [-0.25, -0.2) is 0 Å². The second-order valence-corrected chi connectivity index (χ2v) is 20.5. The normalized spacial score (nSPS) is 52.1. The van der Waals surface area contributed by atoms with Gasteiger partial charge in [-0.05, 0) is 122 Å². The molecule has 11 heteroatoms. The predicted molar refractivity (Wildman–Crippen MR) is 195 cm³/mol. The van der Waals surface area contributed by atoms with Crippen molar-refractivity contribution in [1.29, 1.82) is 0 Å². The van der Waals surface area contributed by atoms with Crippen LogP contribution in [-0.2, 0) is 23.7 Å². The lowest BCUT2D eigenvalue weighted by Crippen LogP contribution is -2.66. The molecule has 7 aliphatic rings. The van der Waals surface area contributed by atoms with Crippen LogP contribution in [0.5, 0.6) is 0 Å². The fourth-order valence-corrected chi connectivity index (χ4v) is 13.5. The highest BCUT2D eigenvalue weighted by atomic mass is 16.8. The third kappa shape index (κ3) is 6.20. The first-order chi connectivity index (χ1) is 24.7. The maximum absolute atomic E-state index is 13.0. The Balaban J connectivity index is 1.13. The SMILES string of the molecule is CC1(C)CCC2(C(=O)O)CC[C@]3(C)C(=CCC4[C@@]5(C)CCC(O[C@@H]6OC[C@@H](O)C(O)C6O[C@@H]6OC(CO)[C@@H](O)CCC6O)C(C)(C)C5CC[C@]43C)C2C1. The van der Waals surface area contributed by atoms with Gasteiger partial charge >= 0.3 is 5.97 Å². The van der Waals surface area contributed by atoms with E-state index in [2.05, 4.69) is 54.5 Å². The van der Waals surface area contributed by atoms with Gasteiger partial charge in [-0.3, -0.25) is 4.79 Å². The Morgan fingerprint density at radius 3 is 2.21 bits per heavy atom. The van der Waals surface area contributed by atoms with Crippen LogP contribution < -0.4 is 0 Å². The third-order valence-corrected chi connectivity index (χ3v) is 17.0. The van der Waals surface area contributed by atoms with Gasteiger partial charge in [-0.1, -0.05) is 60.1 Å². The van der Waals surface area contributed by atoms with Gasteiger partial charge in [0.05, 0.1) is 30.8 Å². The van der Waals surface area contributed by atoms with Crippen LogP contribution in [0.1, 0.15) is 126 Å². The molecule has 53 heavy (non-hydrogen) atoms. The molecule has 6 N–H and O–H groups in total. The first-order valence-electron chi connectivity index (χ1n) is 20.6. The summed E-state index contributed by atoms with van der Waals surface area (Å²) in [4.78, 5) is 13.0. The van der Waals surface area contributed by atoms with E-state index in [1.165, 1.54) is 5.57 Å². The molecule has 6 fully saturated rings. The summed E-state index contributed by atoms with van der Waals surface area (Å²) >= 11 is 0. The van der Waals surface area contributed by atoms with Crippen molar-refractivity contribution >= 4 is 5.97 Å². The highest BCUT2D eigenvalue weighted by Gasteiger charge is 2.69. The lowest BCUT2D eigenvalue weighted by Gasteiger charge is -2.71. The molecule has 2 aliphatic heterocycles. The van der Waals surface area contributed by atoms with E-state index in [4.69, 9.17) is 18.9 Å². The van der Waals surface area contributed by atoms with Gasteiger partial charge in [0, 0.05) is 0 Å². The summed E-state index contributed by atoms with van der Waals surface area (Å²) in [7, 11) is 0. The molecule has 0 radical (unpaired) electrons. The van der Waals surface area contributed by atoms with Crippen molar-refractivity contribution in [1.82, 2.24) is 0 Å². The summed E-state index contributed by atoms with van der Waals surface area (Å²) in [5, 5.41) is 63.5. The second-order valence-electron chi connectivity index (χ2n) is 20.5. The quantitative estimate of drug-likeness (QED) is 0.160. The standard InChI is InChI=1S/C42H68O11/c1-37(2)16-18-42(36(48)49)19-17-40(6)23(24(42)20-37)8-11-30-39(5)14-13-31(38(3,4)29(39)12-15-41(30,40)7)52-35-33(32(47)27(46)22-50-35)53-34-26(45)10-9-25(44)28(21-43)51-34/h8,24-35,43-47H,9-22H2,1-7H3,(H,48,49)/t24?,25-,26?,27+,28?,29?,30?,31?,32?,33?,34-,35-,39-,40+,41+,42?/m0/s1. The van der Waals surface area contributed by atoms with Crippen molar-refractivity contribution in [2.45, 2.75) is 181 Å². The first kappa shape index (κ1) is 40.1. The molecule has 11 nitrogen and oxygen atoms in total. The number of allylic oxidation sites excluding steroid dienone is 2. The summed E-state index contributed by atoms with van der Waals surface area (Å²) in [6, 6.07) is 0. The van der Waals surface area contributed by atoms with E-state index in [-0.39, 0.29) is 58.5 Å². The zero-order chi connectivity index (χ0) is 38.5. The number of hydrogen-bond donors (Lipinski definition) is 6. The van der Waals surface area contributed by atoms with E-state index in [0.717, 1.165) is 64.2 Å². The van der Waals surface area contributed by atoms with Gasteiger partial charge in [0.2, 0.25) is 0 Å². The molecule has 16 atom stereocenters. The molecule has 7 rings (SSSR count). The van der Waals surface area contributed by atoms with Crippen LogP contribution in [0.15, 0.2) is 11.6 Å². The second kappa shape index (κ2) is 13.8. The molecule has 0 bridgehead atoms. The Kier molecular flexibility index (Phi) is 10.4. The summed E-state index contributed by atoms with van der Waals surface area (Å²) in [6.07, 6.45) is 2.57. The van der Waals surface area contributed by atoms with Crippen molar-refractivity contribution in [3.05, 3.63) is 11.6 Å². The number of carboxylic acids is 1. The highest BCUT2D eigenvalue weighted by molar-refractivity contribution is 5.76. The topological polar surface area (TPSA) is 175 Å². The number of hydrogen-bond acceptors (Lipinski definition) is 10. The number of carbonyl (C=O) groups is 1. The Morgan fingerprint density at radius 2 is 1.51 bits per heavy atom. The number of carboxylic acid groups (broad SMARTS) is 1. The van der Waals surface area contributed by atoms with Crippen LogP contribution in [-0.4, -0.2) is 105 Å². The monoisotopic (exact) mass is 748 g/mol. The van der Waals surface area contributed by atoms with Crippen molar-refractivity contribution < 1.29 is 54.4 Å². The Morgan fingerprint density at radius 1 is 0.811 bits per heavy atom. The van der Waals surface area contributed by atoms with Gasteiger partial charge in [-0.15, -0.1) is 0 Å². The third-order valence-electron chi connectivity index (χ3n) is 17.0. The maximum atomic E-state index is 13.0. The summed E-state index contributed by atoms with van der Waals surface area (Å²) in [6.45, 7) is 16.1. The number of fused-ring (bicyclic) bond motifs is 7. The van der Waals surface area contributed by atoms with Gasteiger partial charge in [0.25, 0.3) is 0 Å². The highest BCUT2D eigenvalue weighted by Crippen LogP contribution is 2.76. The minimum Gasteiger partial charge on any atom is -0.481 e. The van der Waals surface area contributed by atoms with Crippen LogP contribution in [0.2, 0.25) is 0 Å². The van der Waals surface area contributed by atoms with Crippen molar-refractivity contribution in [2.24, 2.45) is 50.2 Å². The minimum atomic E-state index is -1.37. The maximum Gasteiger partial charge on any atom is 0.310 e. The molecule has 5 aliphatic carbocycles. The zero-order valence-electron chi connectivity index (χ0n) is 33.1. The summed E-state index contributed by atoms with van der Waals surface area (Å²) in [5.74, 6) is 0.235. The molecule has 302 valence electrons. The molecule has 0 amide bonds. The Hall–Kier alpha value is -1.15. The Bertz CT molecular complexity index is 1410. The average molecular weight is 749 g/mol. The molecule has 0 spiro atoms. The molecule has 0 aromatic carbocycles. The van der Waals surface area contributed by atoms with Gasteiger partial charge in [-0.2, -0.15) is 0 Å². The van der Waals surface area contributed by atoms with Crippen LogP contribution in [0.4, 0.5) is 0 Å². The Labute approximate surface area is 315 Å². The average Bonchev–Trinajstić information content (AvgIpc) is 3.22. The van der Waals surface area contributed by atoms with Gasteiger partial charge < -0.3 is 49.6 Å². The number of ether oxygens (including phenoxy) is 4. The van der Waals surface area contributed by atoms with Crippen LogP contribution in [0, 0.1) is 50.2 Å². The van der Waals surface area contributed by atoms with Gasteiger partial charge in [0.1, 0.15) is 30.5 Å². The van der Waals surface area contributed by atoms with Crippen LogP contribution in [0.25, 0.3) is 0 Å². The van der Waals surface area contributed by atoms with E-state index < -0.39 is 67.2 Å². The fraction of sp³-hybridized carbons (Fsp3) is 0.929. The van der Waals surface area contributed by atoms with Gasteiger partial charge in [0.15, 0.2) is 12.6 Å². The first-order valence-corrected chi connectivity index (χ1v) is 20.6. The molecule has 2 heterocycles. The predicted octanol–water partition coefficient (Wildman–Crippen LogP) is 4.94. The fourth-order valence-electron chi connectivity index (χ4n) is 13.5.